The molecule has 5 fully saturated rings. The maximum absolute atomic E-state index is 14.9. The number of nitrogens with one attached hydrogen (secondary N) is 4. The fourth-order valence-corrected chi connectivity index (χ4v) is 16.2. The van der Waals surface area contributed by atoms with E-state index in [1.807, 2.05) is 79.1 Å². The van der Waals surface area contributed by atoms with E-state index in [1.54, 1.807) is 95.2 Å². The summed E-state index contributed by atoms with van der Waals surface area (Å²) in [6.45, 7) is 17.9. The highest BCUT2D eigenvalue weighted by Gasteiger charge is 2.32. The van der Waals surface area contributed by atoms with Crippen LogP contribution in [0.25, 0.3) is 84.5 Å². The van der Waals surface area contributed by atoms with Gasteiger partial charge in [-0.2, -0.15) is 26.3 Å². The van der Waals surface area contributed by atoms with Gasteiger partial charge in [0.15, 0.2) is 23.0 Å². The summed E-state index contributed by atoms with van der Waals surface area (Å²) < 4.78 is 110. The Morgan fingerprint density at radius 2 is 0.649 bits per heavy atom. The van der Waals surface area contributed by atoms with Gasteiger partial charge in [-0.1, -0.05) is 71.7 Å². The molecule has 4 N–H and O–H groups in total. The lowest BCUT2D eigenvalue weighted by Gasteiger charge is -2.34. The van der Waals surface area contributed by atoms with Crippen molar-refractivity contribution in [3.63, 3.8) is 0 Å². The maximum Gasteiger partial charge on any atom is 0.416 e. The number of aromatic nitrogens is 10. The van der Waals surface area contributed by atoms with Crippen LogP contribution in [0.2, 0.25) is 10.0 Å². The van der Waals surface area contributed by atoms with Crippen LogP contribution in [0.15, 0.2) is 255 Å². The van der Waals surface area contributed by atoms with Crippen molar-refractivity contribution in [1.29, 1.82) is 0 Å². The third kappa shape index (κ3) is 21.6. The summed E-state index contributed by atoms with van der Waals surface area (Å²) in [5.74, 6) is 0.551. The van der Waals surface area contributed by atoms with Gasteiger partial charge in [0.2, 0.25) is 0 Å². The Kier molecular flexibility index (Phi) is 27.8. The molecule has 676 valence electrons. The molecular formula is C95H91Cl2F7N20O7. The van der Waals surface area contributed by atoms with E-state index < -0.39 is 29.3 Å². The molecule has 0 bridgehead atoms. The highest BCUT2D eigenvalue weighted by molar-refractivity contribution is 6.31. The number of benzene rings is 5. The van der Waals surface area contributed by atoms with Gasteiger partial charge in [-0.25, -0.2) is 29.3 Å². The second-order valence-corrected chi connectivity index (χ2v) is 32.5. The lowest BCUT2D eigenvalue weighted by atomic mass is 10.1. The number of rotatable bonds is 12. The Morgan fingerprint density at radius 1 is 0.313 bits per heavy atom. The molecule has 5 aliphatic rings. The van der Waals surface area contributed by atoms with Gasteiger partial charge in [-0.3, -0.25) is 46.0 Å². The van der Waals surface area contributed by atoms with Crippen LogP contribution < -0.4 is 83.0 Å². The zero-order valence-electron chi connectivity index (χ0n) is 71.5. The number of halogens is 9. The molecule has 131 heavy (non-hydrogen) atoms. The molecule has 0 radical (unpaired) electrons. The van der Waals surface area contributed by atoms with Gasteiger partial charge in [0, 0.05) is 236 Å². The standard InChI is InChI=1S/C21H23FN4O3.2C19H17F3N4O.2C18H17ClN4O/c1-24-6-8-25(9-7-24)15-11-16(22)21-23-17(12-20(27)26(21)13-15)14-4-5-18(28-2)19(10-14)29-3;20-19(21,22)14-3-1-13(2-4-14)16-11-18(27)26-12-15(5-6-17(26)24-16)25-9-7-23-8-10-25;20-19(21,22)14-3-1-2-13(10-14)16-11-18(27)26-12-15(4-5-17(26)24-16)25-8-6-23-7-9-25;19-14-3-1-13(2-4-14)16-11-18(24)23-12-15(5-6-17(23)21-16)22-9-7-20-8-10-22;19-14-3-1-2-13(10-14)16-11-18(24)23-12-15(4-5-17(23)21-16)22-8-6-20-7-9-22/h4-5,10-13H,6-9H2,1-3H3;1-6,11-12,23H,7-10H2;1-5,10-12,23H,6-9H2;1-6,11-12,20H,7-10H2;1-5,10-12,20H,6-9H2. The number of piperazine rings is 5. The number of ether oxygens (including phenoxy) is 2. The molecule has 27 nitrogen and oxygen atoms in total. The molecule has 5 aliphatic heterocycles. The Hall–Kier alpha value is -13.6. The van der Waals surface area contributed by atoms with E-state index >= 15 is 0 Å². The van der Waals surface area contributed by atoms with Crippen LogP contribution in [0.3, 0.4) is 0 Å². The number of methoxy groups -OCH3 is 2. The summed E-state index contributed by atoms with van der Waals surface area (Å²) in [4.78, 5) is 98.6. The van der Waals surface area contributed by atoms with Crippen LogP contribution in [-0.2, 0) is 12.4 Å². The van der Waals surface area contributed by atoms with Crippen molar-refractivity contribution in [2.45, 2.75) is 12.4 Å². The van der Waals surface area contributed by atoms with Crippen molar-refractivity contribution in [3.8, 4) is 67.8 Å². The third-order valence-corrected chi connectivity index (χ3v) is 23.5. The Labute approximate surface area is 755 Å². The highest BCUT2D eigenvalue weighted by Crippen LogP contribution is 2.36. The number of pyridine rings is 5. The van der Waals surface area contributed by atoms with Crippen LogP contribution in [0.5, 0.6) is 11.5 Å². The third-order valence-electron chi connectivity index (χ3n) is 23.0. The zero-order chi connectivity index (χ0) is 91.6. The number of nitrogens with zero attached hydrogens (tertiary/aromatic N) is 16. The van der Waals surface area contributed by atoms with Crippen LogP contribution in [0, 0.1) is 5.82 Å². The molecule has 10 aromatic heterocycles. The lowest BCUT2D eigenvalue weighted by Crippen LogP contribution is -2.44. The number of hydrogen-bond donors (Lipinski definition) is 4. The number of fused-ring (bicyclic) bond motifs is 5. The van der Waals surface area contributed by atoms with Gasteiger partial charge >= 0.3 is 12.4 Å². The molecule has 5 saturated heterocycles. The molecule has 0 spiro atoms. The van der Waals surface area contributed by atoms with Crippen LogP contribution in [-0.4, -0.2) is 204 Å². The molecule has 0 aliphatic carbocycles. The Morgan fingerprint density at radius 3 is 1.04 bits per heavy atom. The molecule has 36 heteroatoms. The summed E-state index contributed by atoms with van der Waals surface area (Å²) >= 11 is 12.0. The van der Waals surface area contributed by atoms with Crippen molar-refractivity contribution in [2.24, 2.45) is 0 Å². The van der Waals surface area contributed by atoms with E-state index in [-0.39, 0.29) is 44.7 Å². The monoisotopic (exact) mass is 1830 g/mol. The maximum atomic E-state index is 14.9. The summed E-state index contributed by atoms with van der Waals surface area (Å²) in [6, 6.07) is 53.1. The molecule has 0 atom stereocenters. The van der Waals surface area contributed by atoms with Gasteiger partial charge in [0.1, 0.15) is 22.6 Å². The van der Waals surface area contributed by atoms with E-state index in [0.717, 1.165) is 189 Å². The van der Waals surface area contributed by atoms with Crippen molar-refractivity contribution >= 4 is 79.9 Å². The second kappa shape index (κ2) is 40.2. The van der Waals surface area contributed by atoms with E-state index in [2.05, 4.69) is 82.6 Å². The van der Waals surface area contributed by atoms with Crippen molar-refractivity contribution < 1.29 is 40.2 Å². The highest BCUT2D eigenvalue weighted by atomic mass is 35.5. The predicted molar refractivity (Wildman–Crippen MR) is 498 cm³/mol. The van der Waals surface area contributed by atoms with Crippen molar-refractivity contribution in [2.75, 3.05) is 177 Å². The van der Waals surface area contributed by atoms with Crippen molar-refractivity contribution in [1.82, 2.24) is 73.1 Å². The molecule has 0 unspecified atom stereocenters. The molecule has 0 saturated carbocycles. The normalized spacial score (nSPS) is 15.1. The molecule has 5 aromatic carbocycles. The van der Waals surface area contributed by atoms with Gasteiger partial charge in [0.25, 0.3) is 27.8 Å². The van der Waals surface area contributed by atoms with Gasteiger partial charge in [-0.05, 0) is 122 Å². The average Bonchev–Trinajstić information content (AvgIpc) is 0.774. The van der Waals surface area contributed by atoms with E-state index in [4.69, 9.17) is 32.7 Å². The molecule has 20 rings (SSSR count). The molecule has 15 heterocycles. The summed E-state index contributed by atoms with van der Waals surface area (Å²) in [7, 11) is 5.14. The summed E-state index contributed by atoms with van der Waals surface area (Å²) in [6.07, 6.45) is 0.0601. The minimum atomic E-state index is -4.44. The van der Waals surface area contributed by atoms with Gasteiger partial charge in [-0.15, -0.1) is 0 Å². The van der Waals surface area contributed by atoms with Gasteiger partial charge < -0.3 is 60.1 Å². The molecular weight excluding hydrogens is 1740 g/mol. The van der Waals surface area contributed by atoms with E-state index in [1.165, 1.54) is 68.8 Å². The fourth-order valence-electron chi connectivity index (χ4n) is 15.9. The van der Waals surface area contributed by atoms with Crippen LogP contribution >= 0.6 is 23.2 Å². The number of hydrogen-bond acceptors (Lipinski definition) is 22. The quantitative estimate of drug-likeness (QED) is 0.0829. The minimum Gasteiger partial charge on any atom is -0.493 e. The predicted octanol–water partition coefficient (Wildman–Crippen LogP) is 12.7. The molecule has 0 amide bonds. The molecule has 15 aromatic rings. The fraction of sp³-hybridized carbons (Fsp3) is 0.263. The summed E-state index contributed by atoms with van der Waals surface area (Å²) in [5.41, 5.74) is 9.49. The minimum absolute atomic E-state index is 0.000150. The summed E-state index contributed by atoms with van der Waals surface area (Å²) in [5, 5.41) is 14.5. The number of anilines is 5. The SMILES string of the molecule is COc1ccc(-c2cc(=O)n3cc(N4CCN(C)CC4)cc(F)c3n2)cc1OC.O=c1cc(-c2ccc(C(F)(F)F)cc2)nc2ccc(N3CCNCC3)cn12.O=c1cc(-c2ccc(Cl)cc2)nc2ccc(N3CCNCC3)cn12.O=c1cc(-c2cccc(C(F)(F)F)c2)nc2ccc(N3CCNCC3)cn12.O=c1cc(-c2cccc(Cl)c2)nc2ccc(N3CCNCC3)cn12. The van der Waals surface area contributed by atoms with E-state index in [9.17, 15) is 54.7 Å². The Balaban J connectivity index is 0.000000120. The van der Waals surface area contributed by atoms with Crippen LogP contribution in [0.4, 0.5) is 59.2 Å². The lowest BCUT2D eigenvalue weighted by molar-refractivity contribution is -0.138. The Bertz CT molecular complexity index is 6980. The first kappa shape index (κ1) is 90.7. The topological polar surface area (TPSA) is 258 Å². The number of likely N-dealkylation sites (N-methyl/N-ethyl adjacent to an activating group) is 1. The number of alkyl halides is 6. The first-order valence-corrected chi connectivity index (χ1v) is 43.2. The van der Waals surface area contributed by atoms with Gasteiger partial charge in [0.05, 0.1) is 82.3 Å². The van der Waals surface area contributed by atoms with Crippen LogP contribution in [0.1, 0.15) is 11.1 Å². The largest absolute Gasteiger partial charge is 0.493 e. The first-order chi connectivity index (χ1) is 63.2. The van der Waals surface area contributed by atoms with Crippen molar-refractivity contribution in [3.05, 3.63) is 310 Å². The zero-order valence-corrected chi connectivity index (χ0v) is 73.0. The first-order valence-electron chi connectivity index (χ1n) is 42.5. The smallest absolute Gasteiger partial charge is 0.416 e. The average molecular weight is 1830 g/mol. The second-order valence-electron chi connectivity index (χ2n) is 31.6. The van der Waals surface area contributed by atoms with E-state index in [0.29, 0.717) is 83.7 Å².